The van der Waals surface area contributed by atoms with Crippen LogP contribution in [0.25, 0.3) is 0 Å². The molecular formula is C23H32FN5O4. The Labute approximate surface area is 192 Å². The van der Waals surface area contributed by atoms with Gasteiger partial charge in [-0.2, -0.15) is 0 Å². The minimum Gasteiger partial charge on any atom is -0.386 e. The minimum atomic E-state index is -1.10. The van der Waals surface area contributed by atoms with Gasteiger partial charge in [0, 0.05) is 33.1 Å². The third-order valence-corrected chi connectivity index (χ3v) is 7.02. The van der Waals surface area contributed by atoms with Crippen LogP contribution in [-0.2, 0) is 9.59 Å². The van der Waals surface area contributed by atoms with Crippen LogP contribution >= 0.6 is 0 Å². The number of piperidine rings is 1. The lowest BCUT2D eigenvalue weighted by atomic mass is 9.92. The van der Waals surface area contributed by atoms with Gasteiger partial charge < -0.3 is 20.2 Å². The third kappa shape index (κ3) is 4.95. The second-order valence-corrected chi connectivity index (χ2v) is 9.61. The Morgan fingerprint density at radius 1 is 1.24 bits per heavy atom. The van der Waals surface area contributed by atoms with Crippen LogP contribution in [0, 0.1) is 5.82 Å². The lowest BCUT2D eigenvalue weighted by Gasteiger charge is -2.41. The number of hydrogen-bond acceptors (Lipinski definition) is 6. The number of hydrogen-bond donors (Lipinski definition) is 2. The van der Waals surface area contributed by atoms with Crippen LogP contribution in [0.3, 0.4) is 0 Å². The largest absolute Gasteiger partial charge is 0.386 e. The van der Waals surface area contributed by atoms with Gasteiger partial charge in [-0.15, -0.1) is 0 Å². The molecule has 3 fully saturated rings. The molecule has 1 saturated carbocycles. The van der Waals surface area contributed by atoms with Crippen molar-refractivity contribution < 1.29 is 23.9 Å². The number of carbonyl (C=O) groups is 3. The van der Waals surface area contributed by atoms with E-state index < -0.39 is 17.0 Å². The Kier molecular flexibility index (Phi) is 6.56. The molecule has 33 heavy (non-hydrogen) atoms. The molecular weight excluding hydrogens is 429 g/mol. The normalized spacial score (nSPS) is 24.5. The van der Waals surface area contributed by atoms with Gasteiger partial charge in [0.25, 0.3) is 5.91 Å². The smallest absolute Gasteiger partial charge is 0.325 e. The summed E-state index contributed by atoms with van der Waals surface area (Å²) in [6, 6.07) is 2.56. The zero-order valence-electron chi connectivity index (χ0n) is 19.1. The number of carbonyl (C=O) groups excluding carboxylic acids is 3. The van der Waals surface area contributed by atoms with Gasteiger partial charge in [0.05, 0.1) is 18.3 Å². The number of pyridine rings is 1. The molecule has 2 N–H and O–H groups in total. The standard InChI is InChI=1S/C23H32FN5O4/c1-27(15-22(33)9-5-12-28(16-22)18-8-7-17(24)14-25-18)19(30)6-4-13-29-20(31)23(26-21(29)32)10-2-3-11-23/h7-8,14,33H,2-6,9-13,15-16H2,1H3,(H,26,32). The number of halogens is 1. The lowest BCUT2D eigenvalue weighted by Crippen LogP contribution is -2.54. The van der Waals surface area contributed by atoms with Crippen molar-refractivity contribution >= 4 is 23.7 Å². The fraction of sp³-hybridized carbons (Fsp3) is 0.652. The van der Waals surface area contributed by atoms with E-state index >= 15 is 0 Å². The predicted octanol–water partition coefficient (Wildman–Crippen LogP) is 1.66. The number of imide groups is 1. The average molecular weight is 462 g/mol. The number of urea groups is 1. The average Bonchev–Trinajstić information content (AvgIpc) is 3.34. The summed E-state index contributed by atoms with van der Waals surface area (Å²) in [7, 11) is 1.65. The van der Waals surface area contributed by atoms with Crippen molar-refractivity contribution in [1.82, 2.24) is 20.1 Å². The Morgan fingerprint density at radius 2 is 2.00 bits per heavy atom. The summed E-state index contributed by atoms with van der Waals surface area (Å²) < 4.78 is 13.2. The van der Waals surface area contributed by atoms with Crippen molar-refractivity contribution in [1.29, 1.82) is 0 Å². The molecule has 0 aromatic carbocycles. The fourth-order valence-electron chi connectivity index (χ4n) is 5.30. The number of nitrogens with zero attached hydrogens (tertiary/aromatic N) is 4. The van der Waals surface area contributed by atoms with Gasteiger partial charge in [0.15, 0.2) is 0 Å². The third-order valence-electron chi connectivity index (χ3n) is 7.02. The maximum Gasteiger partial charge on any atom is 0.325 e. The highest BCUT2D eigenvalue weighted by atomic mass is 19.1. The van der Waals surface area contributed by atoms with Gasteiger partial charge in [0.2, 0.25) is 5.91 Å². The first-order valence-corrected chi connectivity index (χ1v) is 11.7. The first-order chi connectivity index (χ1) is 15.7. The summed E-state index contributed by atoms with van der Waals surface area (Å²) in [5.74, 6) is -0.139. The Bertz CT molecular complexity index is 905. The van der Waals surface area contributed by atoms with E-state index in [4.69, 9.17) is 0 Å². The van der Waals surface area contributed by atoms with E-state index in [2.05, 4.69) is 10.3 Å². The summed E-state index contributed by atoms with van der Waals surface area (Å²) in [5, 5.41) is 14.0. The number of amides is 4. The number of aliphatic hydroxyl groups is 1. The number of rotatable bonds is 7. The first-order valence-electron chi connectivity index (χ1n) is 11.7. The van der Waals surface area contributed by atoms with Crippen molar-refractivity contribution in [3.8, 4) is 0 Å². The first kappa shape index (κ1) is 23.4. The van der Waals surface area contributed by atoms with Crippen LogP contribution in [0.1, 0.15) is 51.4 Å². The molecule has 1 spiro atoms. The number of anilines is 1. The highest BCUT2D eigenvalue weighted by molar-refractivity contribution is 6.07. The number of β-amino-alcohol motifs (C(OH)–C–C–N with tert-alkyl or cyclic N) is 1. The maximum absolute atomic E-state index is 13.2. The van der Waals surface area contributed by atoms with Crippen LogP contribution in [0.15, 0.2) is 18.3 Å². The molecule has 3 heterocycles. The summed E-state index contributed by atoms with van der Waals surface area (Å²) in [6.45, 7) is 1.37. The van der Waals surface area contributed by atoms with Crippen molar-refractivity contribution in [2.24, 2.45) is 0 Å². The van der Waals surface area contributed by atoms with Gasteiger partial charge in [-0.1, -0.05) is 12.8 Å². The molecule has 1 aromatic rings. The van der Waals surface area contributed by atoms with Gasteiger partial charge >= 0.3 is 6.03 Å². The molecule has 180 valence electrons. The van der Waals surface area contributed by atoms with Crippen LogP contribution in [-0.4, -0.2) is 82.1 Å². The van der Waals surface area contributed by atoms with E-state index in [1.54, 1.807) is 13.1 Å². The zero-order valence-corrected chi connectivity index (χ0v) is 19.1. The van der Waals surface area contributed by atoms with Crippen LogP contribution in [0.5, 0.6) is 0 Å². The molecule has 1 atom stereocenters. The quantitative estimate of drug-likeness (QED) is 0.599. The number of nitrogens with one attached hydrogen (secondary N) is 1. The molecule has 10 heteroatoms. The molecule has 2 saturated heterocycles. The van der Waals surface area contributed by atoms with Crippen molar-refractivity contribution in [3.05, 3.63) is 24.1 Å². The molecule has 2 aliphatic heterocycles. The van der Waals surface area contributed by atoms with E-state index in [1.165, 1.54) is 15.9 Å². The topological polar surface area (TPSA) is 106 Å². The Balaban J connectivity index is 1.26. The van der Waals surface area contributed by atoms with Gasteiger partial charge in [-0.25, -0.2) is 14.2 Å². The second-order valence-electron chi connectivity index (χ2n) is 9.61. The van der Waals surface area contributed by atoms with E-state index in [9.17, 15) is 23.9 Å². The molecule has 1 unspecified atom stereocenters. The van der Waals surface area contributed by atoms with Crippen molar-refractivity contribution in [2.45, 2.75) is 62.5 Å². The summed E-state index contributed by atoms with van der Waals surface area (Å²) in [4.78, 5) is 46.4. The molecule has 1 aliphatic carbocycles. The van der Waals surface area contributed by atoms with Crippen molar-refractivity contribution in [3.63, 3.8) is 0 Å². The molecule has 0 bridgehead atoms. The monoisotopic (exact) mass is 461 g/mol. The molecule has 1 aromatic heterocycles. The molecule has 3 aliphatic rings. The molecule has 9 nitrogen and oxygen atoms in total. The van der Waals surface area contributed by atoms with E-state index in [-0.39, 0.29) is 37.4 Å². The van der Waals surface area contributed by atoms with E-state index in [0.29, 0.717) is 44.6 Å². The van der Waals surface area contributed by atoms with Gasteiger partial charge in [0.1, 0.15) is 17.2 Å². The predicted molar refractivity (Wildman–Crippen MR) is 119 cm³/mol. The van der Waals surface area contributed by atoms with E-state index in [1.807, 2.05) is 4.90 Å². The summed E-state index contributed by atoms with van der Waals surface area (Å²) in [6.07, 6.45) is 6.21. The van der Waals surface area contributed by atoms with Crippen LogP contribution in [0.2, 0.25) is 0 Å². The van der Waals surface area contributed by atoms with E-state index in [0.717, 1.165) is 25.5 Å². The summed E-state index contributed by atoms with van der Waals surface area (Å²) in [5.41, 5.74) is -1.83. The number of likely N-dealkylation sites (N-methyl/N-ethyl adjacent to an activating group) is 1. The van der Waals surface area contributed by atoms with Gasteiger partial charge in [-0.3, -0.25) is 14.5 Å². The Hall–Kier alpha value is -2.75. The minimum absolute atomic E-state index is 0.150. The molecule has 4 rings (SSSR count). The zero-order chi connectivity index (χ0) is 23.6. The molecule has 4 amide bonds. The second kappa shape index (κ2) is 9.24. The van der Waals surface area contributed by atoms with Crippen LogP contribution < -0.4 is 10.2 Å². The molecule has 0 radical (unpaired) electrons. The lowest BCUT2D eigenvalue weighted by molar-refractivity contribution is -0.135. The highest BCUT2D eigenvalue weighted by Crippen LogP contribution is 2.35. The highest BCUT2D eigenvalue weighted by Gasteiger charge is 2.52. The maximum atomic E-state index is 13.2. The Morgan fingerprint density at radius 3 is 2.70 bits per heavy atom. The van der Waals surface area contributed by atoms with Crippen molar-refractivity contribution in [2.75, 3.05) is 38.1 Å². The fourth-order valence-corrected chi connectivity index (χ4v) is 5.30. The van der Waals surface area contributed by atoms with Gasteiger partial charge in [-0.05, 0) is 44.2 Å². The SMILES string of the molecule is CN(CC1(O)CCCN(c2ccc(F)cn2)C1)C(=O)CCCN1C(=O)NC2(CCCC2)C1=O. The summed E-state index contributed by atoms with van der Waals surface area (Å²) >= 11 is 0. The number of aromatic nitrogens is 1. The van der Waals surface area contributed by atoms with Crippen LogP contribution in [0.4, 0.5) is 15.0 Å².